The van der Waals surface area contributed by atoms with Crippen LogP contribution in [-0.2, 0) is 9.53 Å². The zero-order valence-electron chi connectivity index (χ0n) is 11.1. The minimum atomic E-state index is -0.315. The van der Waals surface area contributed by atoms with Gasteiger partial charge in [0.05, 0.1) is 13.2 Å². The van der Waals surface area contributed by atoms with Gasteiger partial charge >= 0.3 is 5.97 Å². The van der Waals surface area contributed by atoms with Crippen molar-refractivity contribution in [2.75, 3.05) is 31.2 Å². The molecular formula is C13H19N2O3+. The predicted octanol–water partition coefficient (Wildman–Crippen LogP) is 0.403. The monoisotopic (exact) mass is 251 g/mol. The lowest BCUT2D eigenvalue weighted by molar-refractivity contribution is -0.877. The molecule has 5 nitrogen and oxygen atoms in total. The Kier molecular flexibility index (Phi) is 3.81. The van der Waals surface area contributed by atoms with Crippen molar-refractivity contribution in [3.05, 3.63) is 23.5 Å². The van der Waals surface area contributed by atoms with Crippen LogP contribution in [0.4, 0.5) is 5.69 Å². The smallest absolute Gasteiger partial charge is 0.377 e. The fourth-order valence-corrected chi connectivity index (χ4v) is 2.14. The molecule has 0 saturated carbocycles. The standard InChI is InChI=1S/C13H19N2O3/c1-10-8-13(14-4-6-17-7-5-14)9-11(2)15(10)18-12(3)16/h8-9H,4-7H2,1-3H3/q+1. The number of anilines is 1. The lowest BCUT2D eigenvalue weighted by Gasteiger charge is -2.28. The third-order valence-electron chi connectivity index (χ3n) is 2.95. The highest BCUT2D eigenvalue weighted by Gasteiger charge is 2.20. The molecule has 0 bridgehead atoms. The fourth-order valence-electron chi connectivity index (χ4n) is 2.14. The van der Waals surface area contributed by atoms with E-state index in [2.05, 4.69) is 4.90 Å². The summed E-state index contributed by atoms with van der Waals surface area (Å²) in [6.07, 6.45) is 0. The van der Waals surface area contributed by atoms with E-state index in [0.717, 1.165) is 43.4 Å². The van der Waals surface area contributed by atoms with Gasteiger partial charge in [-0.2, -0.15) is 4.84 Å². The molecule has 5 heteroatoms. The highest BCUT2D eigenvalue weighted by molar-refractivity contribution is 5.65. The largest absolute Gasteiger partial charge is 0.378 e. The van der Waals surface area contributed by atoms with Crippen LogP contribution in [-0.4, -0.2) is 32.3 Å². The molecule has 2 rings (SSSR count). The lowest BCUT2D eigenvalue weighted by atomic mass is 10.2. The summed E-state index contributed by atoms with van der Waals surface area (Å²) in [6.45, 7) is 8.59. The lowest BCUT2D eigenvalue weighted by Crippen LogP contribution is -2.50. The van der Waals surface area contributed by atoms with Crippen LogP contribution in [0.15, 0.2) is 12.1 Å². The molecule has 0 radical (unpaired) electrons. The van der Waals surface area contributed by atoms with Gasteiger partial charge in [0.15, 0.2) is 0 Å². The van der Waals surface area contributed by atoms with Gasteiger partial charge in [-0.15, -0.1) is 0 Å². The van der Waals surface area contributed by atoms with Crippen LogP contribution in [0.25, 0.3) is 0 Å². The van der Waals surface area contributed by atoms with Crippen LogP contribution in [0, 0.1) is 13.8 Å². The molecule has 1 aromatic rings. The van der Waals surface area contributed by atoms with Gasteiger partial charge < -0.3 is 9.64 Å². The number of ether oxygens (including phenoxy) is 1. The third-order valence-corrected chi connectivity index (χ3v) is 2.95. The van der Waals surface area contributed by atoms with E-state index in [4.69, 9.17) is 9.57 Å². The van der Waals surface area contributed by atoms with Gasteiger partial charge in [0, 0.05) is 56.4 Å². The fraction of sp³-hybridized carbons (Fsp3) is 0.538. The molecule has 1 aliphatic rings. The van der Waals surface area contributed by atoms with Crippen LogP contribution >= 0.6 is 0 Å². The zero-order chi connectivity index (χ0) is 13.1. The van der Waals surface area contributed by atoms with Gasteiger partial charge in [-0.05, 0) is 0 Å². The van der Waals surface area contributed by atoms with Crippen molar-refractivity contribution in [3.8, 4) is 0 Å². The molecular weight excluding hydrogens is 232 g/mol. The normalized spacial score (nSPS) is 15.6. The molecule has 0 N–H and O–H groups in total. The van der Waals surface area contributed by atoms with Crippen LogP contribution in [0.5, 0.6) is 0 Å². The first kappa shape index (κ1) is 12.8. The number of carbonyl (C=O) groups excluding carboxylic acids is 1. The SMILES string of the molecule is CC(=O)O[n+]1c(C)cc(N2CCOCC2)cc1C. The van der Waals surface area contributed by atoms with E-state index < -0.39 is 0 Å². The van der Waals surface area contributed by atoms with E-state index in [1.807, 2.05) is 26.0 Å². The summed E-state index contributed by atoms with van der Waals surface area (Å²) in [5, 5.41) is 0. The summed E-state index contributed by atoms with van der Waals surface area (Å²) in [5.41, 5.74) is 2.97. The van der Waals surface area contributed by atoms with Crippen LogP contribution in [0.2, 0.25) is 0 Å². The maximum absolute atomic E-state index is 11.0. The molecule has 0 spiro atoms. The van der Waals surface area contributed by atoms with E-state index in [1.54, 1.807) is 4.73 Å². The number of carbonyl (C=O) groups is 1. The first-order valence-corrected chi connectivity index (χ1v) is 6.13. The topological polar surface area (TPSA) is 42.7 Å². The first-order valence-electron chi connectivity index (χ1n) is 6.13. The summed E-state index contributed by atoms with van der Waals surface area (Å²) < 4.78 is 6.90. The van der Waals surface area contributed by atoms with Crippen molar-refractivity contribution >= 4 is 11.7 Å². The molecule has 0 unspecified atom stereocenters. The number of morpholine rings is 1. The van der Waals surface area contributed by atoms with Gasteiger partial charge in [-0.1, -0.05) is 0 Å². The Morgan fingerprint density at radius 2 is 1.83 bits per heavy atom. The van der Waals surface area contributed by atoms with Gasteiger partial charge in [-0.3, -0.25) is 0 Å². The minimum Gasteiger partial charge on any atom is -0.378 e. The Hall–Kier alpha value is -1.62. The highest BCUT2D eigenvalue weighted by atomic mass is 16.7. The average molecular weight is 251 g/mol. The van der Waals surface area contributed by atoms with Gasteiger partial charge in [0.25, 0.3) is 0 Å². The average Bonchev–Trinajstić information content (AvgIpc) is 2.34. The van der Waals surface area contributed by atoms with Crippen molar-refractivity contribution in [1.82, 2.24) is 0 Å². The van der Waals surface area contributed by atoms with Gasteiger partial charge in [0.1, 0.15) is 0 Å². The van der Waals surface area contributed by atoms with Crippen LogP contribution in [0.3, 0.4) is 0 Å². The quantitative estimate of drug-likeness (QED) is 0.714. The predicted molar refractivity (Wildman–Crippen MR) is 66.4 cm³/mol. The molecule has 0 aromatic carbocycles. The summed E-state index contributed by atoms with van der Waals surface area (Å²) >= 11 is 0. The molecule has 1 fully saturated rings. The second kappa shape index (κ2) is 5.35. The minimum absolute atomic E-state index is 0.315. The Balaban J connectivity index is 2.26. The van der Waals surface area contributed by atoms with Crippen molar-refractivity contribution < 1.29 is 19.1 Å². The molecule has 2 heterocycles. The number of aryl methyl sites for hydroxylation is 2. The van der Waals surface area contributed by atoms with Crippen molar-refractivity contribution in [1.29, 1.82) is 0 Å². The molecule has 98 valence electrons. The van der Waals surface area contributed by atoms with E-state index >= 15 is 0 Å². The second-order valence-electron chi connectivity index (χ2n) is 4.47. The molecule has 0 aliphatic carbocycles. The Morgan fingerprint density at radius 3 is 2.33 bits per heavy atom. The van der Waals surface area contributed by atoms with Gasteiger partial charge in [-0.25, -0.2) is 4.79 Å². The molecule has 0 amide bonds. The van der Waals surface area contributed by atoms with Gasteiger partial charge in [0.2, 0.25) is 11.4 Å². The number of pyridine rings is 1. The Bertz CT molecular complexity index is 431. The number of rotatable bonds is 2. The summed E-state index contributed by atoms with van der Waals surface area (Å²) in [7, 11) is 0. The van der Waals surface area contributed by atoms with Crippen LogP contribution < -0.4 is 14.5 Å². The molecule has 1 aromatic heterocycles. The summed E-state index contributed by atoms with van der Waals surface area (Å²) in [5.74, 6) is -0.315. The first-order chi connectivity index (χ1) is 8.58. The highest BCUT2D eigenvalue weighted by Crippen LogP contribution is 2.16. The summed E-state index contributed by atoms with van der Waals surface area (Å²) in [4.78, 5) is 18.5. The zero-order valence-corrected chi connectivity index (χ0v) is 11.1. The number of nitrogens with zero attached hydrogens (tertiary/aromatic N) is 2. The molecule has 18 heavy (non-hydrogen) atoms. The summed E-state index contributed by atoms with van der Waals surface area (Å²) in [6, 6.07) is 4.06. The van der Waals surface area contributed by atoms with Crippen molar-refractivity contribution in [2.45, 2.75) is 20.8 Å². The Morgan fingerprint density at radius 1 is 1.28 bits per heavy atom. The number of hydrogen-bond donors (Lipinski definition) is 0. The Labute approximate surface area is 107 Å². The molecule has 0 atom stereocenters. The molecule has 1 aliphatic heterocycles. The number of hydrogen-bond acceptors (Lipinski definition) is 4. The second-order valence-corrected chi connectivity index (χ2v) is 4.47. The van der Waals surface area contributed by atoms with E-state index in [9.17, 15) is 4.79 Å². The van der Waals surface area contributed by atoms with Crippen molar-refractivity contribution in [3.63, 3.8) is 0 Å². The maximum atomic E-state index is 11.0. The van der Waals surface area contributed by atoms with E-state index in [1.165, 1.54) is 6.92 Å². The molecule has 1 saturated heterocycles. The van der Waals surface area contributed by atoms with E-state index in [0.29, 0.717) is 0 Å². The number of aromatic nitrogens is 1. The van der Waals surface area contributed by atoms with E-state index in [-0.39, 0.29) is 5.97 Å². The maximum Gasteiger partial charge on any atom is 0.377 e. The van der Waals surface area contributed by atoms with Crippen LogP contribution in [0.1, 0.15) is 18.3 Å². The van der Waals surface area contributed by atoms with Crippen molar-refractivity contribution in [2.24, 2.45) is 0 Å². The third kappa shape index (κ3) is 2.79.